The van der Waals surface area contributed by atoms with E-state index in [1.54, 1.807) is 19.2 Å². The number of hydrogen-bond donors (Lipinski definition) is 3. The summed E-state index contributed by atoms with van der Waals surface area (Å²) >= 11 is 6.08. The summed E-state index contributed by atoms with van der Waals surface area (Å²) in [6, 6.07) is 4.50. The van der Waals surface area contributed by atoms with Crippen LogP contribution in [0.5, 0.6) is 0 Å². The molecule has 6 heteroatoms. The molecule has 3 N–H and O–H groups in total. The van der Waals surface area contributed by atoms with Crippen molar-refractivity contribution in [1.29, 1.82) is 0 Å². The van der Waals surface area contributed by atoms with Crippen molar-refractivity contribution in [1.82, 2.24) is 10.6 Å². The molecule has 0 heterocycles. The quantitative estimate of drug-likeness (QED) is 0.751. The second kappa shape index (κ2) is 7.13. The van der Waals surface area contributed by atoms with Crippen molar-refractivity contribution in [2.75, 3.05) is 12.4 Å². The number of amides is 3. The topological polar surface area (TPSA) is 70.2 Å². The molecule has 0 spiro atoms. The number of carbonyl (C=O) groups is 2. The van der Waals surface area contributed by atoms with Gasteiger partial charge in [-0.25, -0.2) is 4.79 Å². The van der Waals surface area contributed by atoms with Crippen molar-refractivity contribution in [3.63, 3.8) is 0 Å². The molecule has 0 radical (unpaired) electrons. The Morgan fingerprint density at radius 3 is 2.76 bits per heavy atom. The van der Waals surface area contributed by atoms with Gasteiger partial charge in [0.1, 0.15) is 0 Å². The van der Waals surface area contributed by atoms with Gasteiger partial charge in [0.25, 0.3) is 5.91 Å². The van der Waals surface area contributed by atoms with E-state index in [-0.39, 0.29) is 18.0 Å². The average Bonchev–Trinajstić information content (AvgIpc) is 2.49. The third-order valence-electron chi connectivity index (χ3n) is 3.28. The molecule has 1 aliphatic rings. The SMILES string of the molecule is CNC(=O)c1ccc(NC(=O)N[C@H]2C=CCCC2)c(Cl)c1. The molecule has 0 unspecified atom stereocenters. The molecular formula is C15H18ClN3O2. The molecule has 1 aromatic carbocycles. The summed E-state index contributed by atoms with van der Waals surface area (Å²) in [5.74, 6) is -0.222. The van der Waals surface area contributed by atoms with Crippen molar-refractivity contribution in [3.8, 4) is 0 Å². The predicted molar refractivity (Wildman–Crippen MR) is 83.8 cm³/mol. The van der Waals surface area contributed by atoms with Crippen LogP contribution in [-0.2, 0) is 0 Å². The number of urea groups is 1. The molecular weight excluding hydrogens is 290 g/mol. The van der Waals surface area contributed by atoms with Crippen molar-refractivity contribution >= 4 is 29.2 Å². The van der Waals surface area contributed by atoms with Gasteiger partial charge in [0.05, 0.1) is 10.7 Å². The Balaban J connectivity index is 1.98. The lowest BCUT2D eigenvalue weighted by Gasteiger charge is -2.18. The molecule has 21 heavy (non-hydrogen) atoms. The first-order chi connectivity index (χ1) is 10.1. The Morgan fingerprint density at radius 1 is 1.33 bits per heavy atom. The van der Waals surface area contributed by atoms with Crippen LogP contribution < -0.4 is 16.0 Å². The van der Waals surface area contributed by atoms with Gasteiger partial charge in [-0.1, -0.05) is 23.8 Å². The Kier molecular flexibility index (Phi) is 5.22. The number of hydrogen-bond acceptors (Lipinski definition) is 2. The fourth-order valence-electron chi connectivity index (χ4n) is 2.16. The van der Waals surface area contributed by atoms with Gasteiger partial charge in [-0.3, -0.25) is 4.79 Å². The van der Waals surface area contributed by atoms with E-state index in [1.807, 2.05) is 6.08 Å². The van der Waals surface area contributed by atoms with Crippen LogP contribution in [0.2, 0.25) is 5.02 Å². The van der Waals surface area contributed by atoms with Crippen LogP contribution in [0.4, 0.5) is 10.5 Å². The van der Waals surface area contributed by atoms with E-state index in [9.17, 15) is 9.59 Å². The fourth-order valence-corrected chi connectivity index (χ4v) is 2.39. The van der Waals surface area contributed by atoms with Crippen LogP contribution in [-0.4, -0.2) is 25.0 Å². The van der Waals surface area contributed by atoms with Gasteiger partial charge in [0, 0.05) is 18.7 Å². The summed E-state index contributed by atoms with van der Waals surface area (Å²) in [5, 5.41) is 8.40. The van der Waals surface area contributed by atoms with E-state index in [1.165, 1.54) is 6.07 Å². The second-order valence-electron chi connectivity index (χ2n) is 4.84. The lowest BCUT2D eigenvalue weighted by Crippen LogP contribution is -2.37. The monoisotopic (exact) mass is 307 g/mol. The van der Waals surface area contributed by atoms with Crippen molar-refractivity contribution in [2.45, 2.75) is 25.3 Å². The third kappa shape index (κ3) is 4.23. The Morgan fingerprint density at radius 2 is 2.14 bits per heavy atom. The number of nitrogens with one attached hydrogen (secondary N) is 3. The Hall–Kier alpha value is -2.01. The van der Waals surface area contributed by atoms with Gasteiger partial charge in [-0.2, -0.15) is 0 Å². The highest BCUT2D eigenvalue weighted by Gasteiger charge is 2.13. The van der Waals surface area contributed by atoms with E-state index >= 15 is 0 Å². The second-order valence-corrected chi connectivity index (χ2v) is 5.24. The van der Waals surface area contributed by atoms with Crippen LogP contribution in [0, 0.1) is 0 Å². The Bertz CT molecular complexity index is 572. The van der Waals surface area contributed by atoms with Crippen LogP contribution >= 0.6 is 11.6 Å². The van der Waals surface area contributed by atoms with Crippen LogP contribution in [0.3, 0.4) is 0 Å². The molecule has 112 valence electrons. The molecule has 5 nitrogen and oxygen atoms in total. The molecule has 0 bridgehead atoms. The lowest BCUT2D eigenvalue weighted by molar-refractivity contribution is 0.0963. The average molecular weight is 308 g/mol. The normalized spacial score (nSPS) is 17.1. The van der Waals surface area contributed by atoms with E-state index < -0.39 is 0 Å². The van der Waals surface area contributed by atoms with Gasteiger partial charge in [-0.15, -0.1) is 0 Å². The molecule has 3 amide bonds. The molecule has 1 aliphatic carbocycles. The minimum absolute atomic E-state index is 0.0580. The molecule has 2 rings (SSSR count). The molecule has 1 atom stereocenters. The number of benzene rings is 1. The smallest absolute Gasteiger partial charge is 0.319 e. The summed E-state index contributed by atoms with van der Waals surface area (Å²) in [4.78, 5) is 23.4. The van der Waals surface area contributed by atoms with Crippen molar-refractivity contribution in [3.05, 3.63) is 40.9 Å². The summed E-state index contributed by atoms with van der Waals surface area (Å²) in [6.07, 6.45) is 7.14. The molecule has 0 saturated heterocycles. The van der Waals surface area contributed by atoms with Crippen LogP contribution in [0.1, 0.15) is 29.6 Å². The molecule has 0 fully saturated rings. The summed E-state index contributed by atoms with van der Waals surface area (Å²) in [5.41, 5.74) is 0.922. The third-order valence-corrected chi connectivity index (χ3v) is 3.59. The largest absolute Gasteiger partial charge is 0.355 e. The minimum Gasteiger partial charge on any atom is -0.355 e. The zero-order valence-corrected chi connectivity index (χ0v) is 12.5. The van der Waals surface area contributed by atoms with E-state index in [4.69, 9.17) is 11.6 Å². The Labute approximate surface area is 128 Å². The first kappa shape index (κ1) is 15.4. The van der Waals surface area contributed by atoms with Crippen LogP contribution in [0.15, 0.2) is 30.4 Å². The van der Waals surface area contributed by atoms with Gasteiger partial charge in [0.2, 0.25) is 0 Å². The zero-order valence-electron chi connectivity index (χ0n) is 11.8. The van der Waals surface area contributed by atoms with Gasteiger partial charge < -0.3 is 16.0 Å². The lowest BCUT2D eigenvalue weighted by atomic mass is 10.0. The summed E-state index contributed by atoms with van der Waals surface area (Å²) < 4.78 is 0. The van der Waals surface area contributed by atoms with Gasteiger partial charge >= 0.3 is 6.03 Å². The standard InChI is InChI=1S/C15H18ClN3O2/c1-17-14(20)10-7-8-13(12(16)9-10)19-15(21)18-11-5-3-2-4-6-11/h3,5,7-9,11H,2,4,6H2,1H3,(H,17,20)(H2,18,19,21)/t11-/m0/s1. The van der Waals surface area contributed by atoms with Gasteiger partial charge in [-0.05, 0) is 37.5 Å². The van der Waals surface area contributed by atoms with Crippen molar-refractivity contribution < 1.29 is 9.59 Å². The van der Waals surface area contributed by atoms with E-state index in [0.29, 0.717) is 16.3 Å². The number of allylic oxidation sites excluding steroid dienone is 1. The highest BCUT2D eigenvalue weighted by atomic mass is 35.5. The molecule has 0 aliphatic heterocycles. The van der Waals surface area contributed by atoms with E-state index in [2.05, 4.69) is 22.0 Å². The molecule has 1 aromatic rings. The minimum atomic E-state index is -0.304. The number of carbonyl (C=O) groups excluding carboxylic acids is 2. The molecule has 0 saturated carbocycles. The zero-order chi connectivity index (χ0) is 15.2. The molecule has 0 aromatic heterocycles. The maximum Gasteiger partial charge on any atom is 0.319 e. The van der Waals surface area contributed by atoms with E-state index in [0.717, 1.165) is 19.3 Å². The summed E-state index contributed by atoms with van der Waals surface area (Å²) in [7, 11) is 1.55. The maximum absolute atomic E-state index is 11.9. The summed E-state index contributed by atoms with van der Waals surface area (Å²) in [6.45, 7) is 0. The van der Waals surface area contributed by atoms with Crippen molar-refractivity contribution in [2.24, 2.45) is 0 Å². The first-order valence-electron chi connectivity index (χ1n) is 6.86. The highest BCUT2D eigenvalue weighted by molar-refractivity contribution is 6.34. The highest BCUT2D eigenvalue weighted by Crippen LogP contribution is 2.23. The number of anilines is 1. The van der Waals surface area contributed by atoms with Gasteiger partial charge in [0.15, 0.2) is 0 Å². The maximum atomic E-state index is 11.9. The number of rotatable bonds is 3. The number of halogens is 1. The predicted octanol–water partition coefficient (Wildman–Crippen LogP) is 2.93. The van der Waals surface area contributed by atoms with Crippen LogP contribution in [0.25, 0.3) is 0 Å². The fraction of sp³-hybridized carbons (Fsp3) is 0.333. The first-order valence-corrected chi connectivity index (χ1v) is 7.24.